The van der Waals surface area contributed by atoms with Gasteiger partial charge < -0.3 is 5.32 Å². The van der Waals surface area contributed by atoms with E-state index in [0.717, 1.165) is 19.3 Å². The molecule has 4 heteroatoms. The van der Waals surface area contributed by atoms with Crippen molar-refractivity contribution in [3.63, 3.8) is 0 Å². The highest BCUT2D eigenvalue weighted by atomic mass is 19.4. The third-order valence-electron chi connectivity index (χ3n) is 2.69. The topological polar surface area (TPSA) is 12.0 Å². The Balaban J connectivity index is 3.61. The predicted octanol–water partition coefficient (Wildman–Crippen LogP) is 4.28. The molecule has 1 N–H and O–H groups in total. The summed E-state index contributed by atoms with van der Waals surface area (Å²) in [7, 11) is 0. The Hall–Kier alpha value is -0.250. The first-order valence-electron chi connectivity index (χ1n) is 6.32. The van der Waals surface area contributed by atoms with Gasteiger partial charge in [0.25, 0.3) is 0 Å². The van der Waals surface area contributed by atoms with Gasteiger partial charge in [0.15, 0.2) is 0 Å². The Kier molecular flexibility index (Phi) is 8.71. The maximum absolute atomic E-state index is 12.5. The Bertz CT molecular complexity index is 157. The molecule has 0 rings (SSSR count). The van der Waals surface area contributed by atoms with Crippen molar-refractivity contribution in [3.8, 4) is 0 Å². The monoisotopic (exact) mass is 239 g/mol. The fourth-order valence-electron chi connectivity index (χ4n) is 1.76. The van der Waals surface area contributed by atoms with Gasteiger partial charge in [-0.05, 0) is 13.0 Å². The Morgan fingerprint density at radius 1 is 0.938 bits per heavy atom. The fraction of sp³-hybridized carbons (Fsp3) is 1.00. The number of halogens is 3. The zero-order valence-electron chi connectivity index (χ0n) is 10.4. The fourth-order valence-corrected chi connectivity index (χ4v) is 1.76. The van der Waals surface area contributed by atoms with Crippen LogP contribution < -0.4 is 5.32 Å². The van der Waals surface area contributed by atoms with Gasteiger partial charge in [0.2, 0.25) is 0 Å². The average molecular weight is 239 g/mol. The SMILES string of the molecule is CCCCCCCCC(NCC)C(F)(F)F. The lowest BCUT2D eigenvalue weighted by Gasteiger charge is -2.20. The summed E-state index contributed by atoms with van der Waals surface area (Å²) in [6.45, 7) is 4.21. The molecule has 0 aromatic carbocycles. The van der Waals surface area contributed by atoms with Gasteiger partial charge >= 0.3 is 6.18 Å². The van der Waals surface area contributed by atoms with E-state index in [0.29, 0.717) is 13.0 Å². The standard InChI is InChI=1S/C12H24F3N/c1-3-5-6-7-8-9-10-11(16-4-2)12(13,14)15/h11,16H,3-10H2,1-2H3. The van der Waals surface area contributed by atoms with Crippen LogP contribution >= 0.6 is 0 Å². The lowest BCUT2D eigenvalue weighted by Crippen LogP contribution is -2.42. The minimum atomic E-state index is -4.10. The quantitative estimate of drug-likeness (QED) is 0.592. The first-order valence-corrected chi connectivity index (χ1v) is 6.32. The van der Waals surface area contributed by atoms with E-state index >= 15 is 0 Å². The van der Waals surface area contributed by atoms with Crippen molar-refractivity contribution in [2.24, 2.45) is 0 Å². The first kappa shape index (κ1) is 15.8. The molecule has 1 atom stereocenters. The van der Waals surface area contributed by atoms with Crippen molar-refractivity contribution in [1.29, 1.82) is 0 Å². The van der Waals surface area contributed by atoms with Crippen LogP contribution in [0.5, 0.6) is 0 Å². The smallest absolute Gasteiger partial charge is 0.306 e. The minimum Gasteiger partial charge on any atom is -0.306 e. The van der Waals surface area contributed by atoms with Gasteiger partial charge in [-0.1, -0.05) is 52.4 Å². The van der Waals surface area contributed by atoms with Crippen molar-refractivity contribution >= 4 is 0 Å². The van der Waals surface area contributed by atoms with Gasteiger partial charge in [0.1, 0.15) is 6.04 Å². The summed E-state index contributed by atoms with van der Waals surface area (Å²) in [6.07, 6.45) is 2.26. The van der Waals surface area contributed by atoms with Gasteiger partial charge in [0.05, 0.1) is 0 Å². The number of hydrogen-bond acceptors (Lipinski definition) is 1. The second-order valence-electron chi connectivity index (χ2n) is 4.21. The highest BCUT2D eigenvalue weighted by Gasteiger charge is 2.38. The van der Waals surface area contributed by atoms with Gasteiger partial charge in [-0.25, -0.2) is 0 Å². The predicted molar refractivity (Wildman–Crippen MR) is 61.5 cm³/mol. The molecule has 0 spiro atoms. The number of nitrogens with one attached hydrogen (secondary N) is 1. The van der Waals surface area contributed by atoms with Crippen molar-refractivity contribution in [3.05, 3.63) is 0 Å². The van der Waals surface area contributed by atoms with Crippen LogP contribution in [0.25, 0.3) is 0 Å². The third-order valence-corrected chi connectivity index (χ3v) is 2.69. The van der Waals surface area contributed by atoms with Gasteiger partial charge in [-0.15, -0.1) is 0 Å². The van der Waals surface area contributed by atoms with E-state index in [2.05, 4.69) is 12.2 Å². The van der Waals surface area contributed by atoms with Crippen LogP contribution in [0, 0.1) is 0 Å². The highest BCUT2D eigenvalue weighted by molar-refractivity contribution is 4.74. The van der Waals surface area contributed by atoms with E-state index in [1.807, 2.05) is 0 Å². The molecule has 0 radical (unpaired) electrons. The average Bonchev–Trinajstić information content (AvgIpc) is 2.20. The number of alkyl halides is 3. The van der Waals surface area contributed by atoms with E-state index in [1.54, 1.807) is 6.92 Å². The van der Waals surface area contributed by atoms with Crippen LogP contribution in [0.3, 0.4) is 0 Å². The maximum Gasteiger partial charge on any atom is 0.403 e. The summed E-state index contributed by atoms with van der Waals surface area (Å²) in [5.74, 6) is 0. The normalized spacial score (nSPS) is 14.1. The summed E-state index contributed by atoms with van der Waals surface area (Å²) >= 11 is 0. The van der Waals surface area contributed by atoms with Crippen LogP contribution in [0.4, 0.5) is 13.2 Å². The molecule has 0 fully saturated rings. The van der Waals surface area contributed by atoms with E-state index in [1.165, 1.54) is 12.8 Å². The molecular weight excluding hydrogens is 215 g/mol. The van der Waals surface area contributed by atoms with E-state index in [-0.39, 0.29) is 6.42 Å². The van der Waals surface area contributed by atoms with Crippen molar-refractivity contribution < 1.29 is 13.2 Å². The summed E-state index contributed by atoms with van der Waals surface area (Å²) in [5.41, 5.74) is 0. The molecule has 0 bridgehead atoms. The maximum atomic E-state index is 12.5. The first-order chi connectivity index (χ1) is 7.52. The van der Waals surface area contributed by atoms with Crippen molar-refractivity contribution in [2.75, 3.05) is 6.54 Å². The zero-order chi connectivity index (χ0) is 12.4. The number of unbranched alkanes of at least 4 members (excludes halogenated alkanes) is 5. The summed E-state index contributed by atoms with van der Waals surface area (Å²) in [4.78, 5) is 0. The molecule has 0 aromatic heterocycles. The van der Waals surface area contributed by atoms with E-state index in [4.69, 9.17) is 0 Å². The van der Waals surface area contributed by atoms with E-state index in [9.17, 15) is 13.2 Å². The molecule has 0 saturated carbocycles. The van der Waals surface area contributed by atoms with Crippen molar-refractivity contribution in [2.45, 2.75) is 71.0 Å². The van der Waals surface area contributed by atoms with Gasteiger partial charge in [-0.3, -0.25) is 0 Å². The minimum absolute atomic E-state index is 0.212. The molecule has 0 amide bonds. The Labute approximate surface area is 96.8 Å². The molecule has 0 aromatic rings. The Morgan fingerprint density at radius 3 is 2.00 bits per heavy atom. The Morgan fingerprint density at radius 2 is 1.50 bits per heavy atom. The third kappa shape index (κ3) is 7.97. The molecule has 1 unspecified atom stereocenters. The summed E-state index contributed by atoms with van der Waals surface area (Å²) in [5, 5.41) is 2.50. The highest BCUT2D eigenvalue weighted by Crippen LogP contribution is 2.24. The summed E-state index contributed by atoms with van der Waals surface area (Å²) in [6, 6.07) is -1.32. The molecule has 98 valence electrons. The second-order valence-corrected chi connectivity index (χ2v) is 4.21. The molecule has 16 heavy (non-hydrogen) atoms. The van der Waals surface area contributed by atoms with Gasteiger partial charge in [-0.2, -0.15) is 13.2 Å². The second kappa shape index (κ2) is 8.85. The lowest BCUT2D eigenvalue weighted by molar-refractivity contribution is -0.157. The van der Waals surface area contributed by atoms with Crippen LogP contribution in [0.2, 0.25) is 0 Å². The molecule has 0 aliphatic carbocycles. The number of rotatable bonds is 9. The zero-order valence-corrected chi connectivity index (χ0v) is 10.4. The number of hydrogen-bond donors (Lipinski definition) is 1. The molecule has 0 heterocycles. The molecule has 0 aliphatic heterocycles. The molecular formula is C12H24F3N. The van der Waals surface area contributed by atoms with Crippen LogP contribution in [0.15, 0.2) is 0 Å². The lowest BCUT2D eigenvalue weighted by atomic mass is 10.1. The molecule has 0 aliphatic rings. The van der Waals surface area contributed by atoms with Crippen LogP contribution in [-0.4, -0.2) is 18.8 Å². The van der Waals surface area contributed by atoms with Crippen molar-refractivity contribution in [1.82, 2.24) is 5.32 Å². The molecule has 1 nitrogen and oxygen atoms in total. The van der Waals surface area contributed by atoms with Gasteiger partial charge in [0, 0.05) is 0 Å². The largest absolute Gasteiger partial charge is 0.403 e. The van der Waals surface area contributed by atoms with Crippen LogP contribution in [0.1, 0.15) is 58.8 Å². The van der Waals surface area contributed by atoms with Crippen LogP contribution in [-0.2, 0) is 0 Å². The van der Waals surface area contributed by atoms with E-state index < -0.39 is 12.2 Å². The molecule has 0 saturated heterocycles. The summed E-state index contributed by atoms with van der Waals surface area (Å²) < 4.78 is 37.4.